The largest absolute Gasteiger partial charge is 0.488 e. The van der Waals surface area contributed by atoms with E-state index in [0.717, 1.165) is 27.8 Å². The van der Waals surface area contributed by atoms with Gasteiger partial charge >= 0.3 is 0 Å². The standard InChI is InChI=1S/C20H24N2O2/c1-14(21)17(13-23-2)16-11-22-18-9-6-10-19(20(16)18)24-12-15-7-4-3-5-8-15/h3-11,14,17,22H,12-13,21H2,1-2H3. The second-order valence-corrected chi connectivity index (χ2v) is 6.12. The number of nitrogens with two attached hydrogens (primary N) is 1. The first-order valence-corrected chi connectivity index (χ1v) is 8.22. The van der Waals surface area contributed by atoms with Crippen LogP contribution in [0.2, 0.25) is 0 Å². The fourth-order valence-corrected chi connectivity index (χ4v) is 3.03. The number of H-pyrrole nitrogens is 1. The van der Waals surface area contributed by atoms with Crippen molar-refractivity contribution in [3.8, 4) is 5.75 Å². The number of aromatic amines is 1. The number of aromatic nitrogens is 1. The maximum absolute atomic E-state index is 6.19. The van der Waals surface area contributed by atoms with Crippen molar-refractivity contribution in [2.24, 2.45) is 5.73 Å². The van der Waals surface area contributed by atoms with E-state index in [1.54, 1.807) is 7.11 Å². The molecule has 2 aromatic carbocycles. The van der Waals surface area contributed by atoms with Crippen molar-refractivity contribution in [1.29, 1.82) is 0 Å². The number of benzene rings is 2. The molecule has 3 rings (SSSR count). The van der Waals surface area contributed by atoms with Crippen LogP contribution in [0.3, 0.4) is 0 Å². The van der Waals surface area contributed by atoms with Crippen molar-refractivity contribution < 1.29 is 9.47 Å². The van der Waals surface area contributed by atoms with E-state index < -0.39 is 0 Å². The molecule has 0 radical (unpaired) electrons. The van der Waals surface area contributed by atoms with Crippen LogP contribution in [0.1, 0.15) is 24.0 Å². The van der Waals surface area contributed by atoms with Crippen LogP contribution in [0.25, 0.3) is 10.9 Å². The number of nitrogens with one attached hydrogen (secondary N) is 1. The van der Waals surface area contributed by atoms with Gasteiger partial charge in [-0.3, -0.25) is 0 Å². The van der Waals surface area contributed by atoms with E-state index in [2.05, 4.69) is 23.2 Å². The molecule has 3 N–H and O–H groups in total. The molecular weight excluding hydrogens is 300 g/mol. The molecule has 0 saturated heterocycles. The number of hydrogen-bond acceptors (Lipinski definition) is 3. The Kier molecular flexibility index (Phi) is 5.18. The highest BCUT2D eigenvalue weighted by molar-refractivity contribution is 5.90. The number of hydrogen-bond donors (Lipinski definition) is 2. The smallest absolute Gasteiger partial charge is 0.129 e. The average Bonchev–Trinajstić information content (AvgIpc) is 3.03. The third kappa shape index (κ3) is 3.45. The van der Waals surface area contributed by atoms with Gasteiger partial charge in [0.25, 0.3) is 0 Å². The Hall–Kier alpha value is -2.30. The molecule has 0 spiro atoms. The highest BCUT2D eigenvalue weighted by Crippen LogP contribution is 2.34. The zero-order chi connectivity index (χ0) is 16.9. The second-order valence-electron chi connectivity index (χ2n) is 6.12. The summed E-state index contributed by atoms with van der Waals surface area (Å²) in [5.41, 5.74) is 9.53. The van der Waals surface area contributed by atoms with E-state index in [1.807, 2.05) is 43.5 Å². The fourth-order valence-electron chi connectivity index (χ4n) is 3.03. The molecule has 126 valence electrons. The van der Waals surface area contributed by atoms with Crippen LogP contribution >= 0.6 is 0 Å². The Balaban J connectivity index is 1.94. The predicted molar refractivity (Wildman–Crippen MR) is 97.3 cm³/mol. The zero-order valence-electron chi connectivity index (χ0n) is 14.2. The summed E-state index contributed by atoms with van der Waals surface area (Å²) in [5, 5.41) is 1.09. The summed E-state index contributed by atoms with van der Waals surface area (Å²) in [6.45, 7) is 3.13. The van der Waals surface area contributed by atoms with Crippen LogP contribution in [0.5, 0.6) is 5.75 Å². The minimum Gasteiger partial charge on any atom is -0.488 e. The summed E-state index contributed by atoms with van der Waals surface area (Å²) in [7, 11) is 1.71. The Bertz CT molecular complexity index is 781. The molecule has 0 fully saturated rings. The molecule has 0 aliphatic carbocycles. The monoisotopic (exact) mass is 324 g/mol. The van der Waals surface area contributed by atoms with Gasteiger partial charge in [0.2, 0.25) is 0 Å². The van der Waals surface area contributed by atoms with Crippen molar-refractivity contribution in [2.45, 2.75) is 25.5 Å². The van der Waals surface area contributed by atoms with Gasteiger partial charge in [0, 0.05) is 36.2 Å². The molecule has 2 unspecified atom stereocenters. The third-order valence-corrected chi connectivity index (χ3v) is 4.32. The number of methoxy groups -OCH3 is 1. The molecule has 4 nitrogen and oxygen atoms in total. The second kappa shape index (κ2) is 7.51. The first-order chi connectivity index (χ1) is 11.7. The molecule has 0 amide bonds. The van der Waals surface area contributed by atoms with Gasteiger partial charge in [0.1, 0.15) is 12.4 Å². The summed E-state index contributed by atoms with van der Waals surface area (Å²) in [6.07, 6.45) is 2.02. The molecule has 4 heteroatoms. The number of ether oxygens (including phenoxy) is 2. The highest BCUT2D eigenvalue weighted by atomic mass is 16.5. The topological polar surface area (TPSA) is 60.3 Å². The van der Waals surface area contributed by atoms with Crippen LogP contribution in [0.4, 0.5) is 0 Å². The van der Waals surface area contributed by atoms with E-state index in [-0.39, 0.29) is 12.0 Å². The van der Waals surface area contributed by atoms with Crippen molar-refractivity contribution in [3.05, 3.63) is 65.9 Å². The van der Waals surface area contributed by atoms with Crippen molar-refractivity contribution in [1.82, 2.24) is 4.98 Å². The van der Waals surface area contributed by atoms with Gasteiger partial charge in [-0.1, -0.05) is 36.4 Å². The van der Waals surface area contributed by atoms with Gasteiger partial charge in [-0.15, -0.1) is 0 Å². The molecule has 0 aliphatic rings. The van der Waals surface area contributed by atoms with Gasteiger partial charge in [0.05, 0.1) is 6.61 Å². The van der Waals surface area contributed by atoms with E-state index >= 15 is 0 Å². The van der Waals surface area contributed by atoms with E-state index in [4.69, 9.17) is 15.2 Å². The Morgan fingerprint density at radius 1 is 1.08 bits per heavy atom. The summed E-state index contributed by atoms with van der Waals surface area (Å²) < 4.78 is 11.5. The van der Waals surface area contributed by atoms with Crippen molar-refractivity contribution in [2.75, 3.05) is 13.7 Å². The van der Waals surface area contributed by atoms with Crippen LogP contribution in [0.15, 0.2) is 54.7 Å². The normalized spacial score (nSPS) is 13.8. The van der Waals surface area contributed by atoms with Crippen LogP contribution in [0, 0.1) is 0 Å². The number of rotatable bonds is 7. The van der Waals surface area contributed by atoms with Gasteiger partial charge in [-0.25, -0.2) is 0 Å². The quantitative estimate of drug-likeness (QED) is 0.694. The maximum Gasteiger partial charge on any atom is 0.129 e. The average molecular weight is 324 g/mol. The van der Waals surface area contributed by atoms with Gasteiger partial charge < -0.3 is 20.2 Å². The van der Waals surface area contributed by atoms with E-state index in [1.165, 1.54) is 0 Å². The van der Waals surface area contributed by atoms with Gasteiger partial charge in [0.15, 0.2) is 0 Å². The third-order valence-electron chi connectivity index (χ3n) is 4.32. The molecule has 1 aromatic heterocycles. The van der Waals surface area contributed by atoms with E-state index in [9.17, 15) is 0 Å². The maximum atomic E-state index is 6.19. The lowest BCUT2D eigenvalue weighted by Gasteiger charge is -2.20. The first kappa shape index (κ1) is 16.6. The van der Waals surface area contributed by atoms with Crippen LogP contribution < -0.4 is 10.5 Å². The summed E-state index contributed by atoms with van der Waals surface area (Å²) >= 11 is 0. The number of fused-ring (bicyclic) bond motifs is 1. The molecule has 1 heterocycles. The minimum absolute atomic E-state index is 0.00821. The minimum atomic E-state index is -0.00821. The summed E-state index contributed by atoms with van der Waals surface area (Å²) in [6, 6.07) is 16.2. The molecule has 0 bridgehead atoms. The molecule has 3 aromatic rings. The lowest BCUT2D eigenvalue weighted by atomic mass is 9.93. The van der Waals surface area contributed by atoms with Gasteiger partial charge in [-0.05, 0) is 30.2 Å². The lowest BCUT2D eigenvalue weighted by Crippen LogP contribution is -2.27. The summed E-state index contributed by atoms with van der Waals surface area (Å²) in [4.78, 5) is 3.33. The fraction of sp³-hybridized carbons (Fsp3) is 0.300. The van der Waals surface area contributed by atoms with Crippen molar-refractivity contribution >= 4 is 10.9 Å². The Labute approximate surface area is 142 Å². The SMILES string of the molecule is COCC(c1c[nH]c2cccc(OCc3ccccc3)c12)C(C)N. The van der Waals surface area contributed by atoms with Crippen molar-refractivity contribution in [3.63, 3.8) is 0 Å². The molecule has 2 atom stereocenters. The van der Waals surface area contributed by atoms with E-state index in [0.29, 0.717) is 13.2 Å². The highest BCUT2D eigenvalue weighted by Gasteiger charge is 2.22. The Morgan fingerprint density at radius 3 is 2.58 bits per heavy atom. The Morgan fingerprint density at radius 2 is 1.88 bits per heavy atom. The van der Waals surface area contributed by atoms with Crippen LogP contribution in [-0.2, 0) is 11.3 Å². The molecule has 24 heavy (non-hydrogen) atoms. The molecular formula is C20H24N2O2. The first-order valence-electron chi connectivity index (χ1n) is 8.22. The van der Waals surface area contributed by atoms with Gasteiger partial charge in [-0.2, -0.15) is 0 Å². The van der Waals surface area contributed by atoms with Crippen LogP contribution in [-0.4, -0.2) is 24.7 Å². The lowest BCUT2D eigenvalue weighted by molar-refractivity contribution is 0.172. The molecule has 0 aliphatic heterocycles. The predicted octanol–water partition coefficient (Wildman–Crippen LogP) is 3.82. The zero-order valence-corrected chi connectivity index (χ0v) is 14.2. The summed E-state index contributed by atoms with van der Waals surface area (Å²) in [5.74, 6) is 0.986. The molecule has 0 saturated carbocycles.